The lowest BCUT2D eigenvalue weighted by Crippen LogP contribution is -2.33. The van der Waals surface area contributed by atoms with E-state index in [9.17, 15) is 0 Å². The van der Waals surface area contributed by atoms with Gasteiger partial charge in [0.1, 0.15) is 0 Å². The molecule has 50 heavy (non-hydrogen) atoms. The molecule has 7 aromatic carbocycles. The molecule has 1 unspecified atom stereocenters. The van der Waals surface area contributed by atoms with E-state index < -0.39 is 5.41 Å². The summed E-state index contributed by atoms with van der Waals surface area (Å²) in [4.78, 5) is 10.4. The number of para-hydroxylation sites is 3. The van der Waals surface area contributed by atoms with Gasteiger partial charge in [0.15, 0.2) is 5.82 Å². The second-order valence-corrected chi connectivity index (χ2v) is 13.3. The van der Waals surface area contributed by atoms with Gasteiger partial charge < -0.3 is 4.57 Å². The summed E-state index contributed by atoms with van der Waals surface area (Å²) >= 11 is 0. The maximum atomic E-state index is 5.19. The van der Waals surface area contributed by atoms with Crippen molar-refractivity contribution in [1.29, 1.82) is 0 Å². The smallest absolute Gasteiger partial charge is 0.160 e. The molecule has 3 heteroatoms. The molecule has 0 bridgehead atoms. The van der Waals surface area contributed by atoms with Gasteiger partial charge in [-0.3, -0.25) is 0 Å². The SMILES string of the molecule is c1ccc(-c2cc(-c3ccccc3)nc(-c3ccc4c(c3)-c3ccccc3C43c4ccccc4-n4c5ccccc5c5cccc3c54)n2)cc1. The van der Waals surface area contributed by atoms with E-state index in [4.69, 9.17) is 9.97 Å². The van der Waals surface area contributed by atoms with Gasteiger partial charge in [-0.15, -0.1) is 0 Å². The number of rotatable bonds is 3. The van der Waals surface area contributed by atoms with Crippen molar-refractivity contribution in [3.63, 3.8) is 0 Å². The van der Waals surface area contributed by atoms with Gasteiger partial charge >= 0.3 is 0 Å². The van der Waals surface area contributed by atoms with Crippen LogP contribution in [0, 0.1) is 0 Å². The summed E-state index contributed by atoms with van der Waals surface area (Å²) in [6, 6.07) is 63.5. The Bertz CT molecular complexity index is 2760. The van der Waals surface area contributed by atoms with Gasteiger partial charge in [-0.1, -0.05) is 152 Å². The Balaban J connectivity index is 1.20. The Labute approximate surface area is 289 Å². The lowest BCUT2D eigenvalue weighted by atomic mass is 9.65. The van der Waals surface area contributed by atoms with Crippen LogP contribution in [-0.4, -0.2) is 14.5 Å². The van der Waals surface area contributed by atoms with Crippen LogP contribution in [0.4, 0.5) is 0 Å². The van der Waals surface area contributed by atoms with Crippen LogP contribution in [0.1, 0.15) is 22.3 Å². The summed E-state index contributed by atoms with van der Waals surface area (Å²) in [7, 11) is 0. The molecule has 0 amide bonds. The zero-order chi connectivity index (χ0) is 32.8. The van der Waals surface area contributed by atoms with E-state index in [0.717, 1.165) is 33.9 Å². The molecule has 0 saturated heterocycles. The van der Waals surface area contributed by atoms with Crippen LogP contribution in [0.15, 0.2) is 176 Å². The zero-order valence-electron chi connectivity index (χ0n) is 27.1. The van der Waals surface area contributed by atoms with Gasteiger partial charge in [0.25, 0.3) is 0 Å². The summed E-state index contributed by atoms with van der Waals surface area (Å²) in [6.45, 7) is 0. The Morgan fingerprint density at radius 1 is 0.400 bits per heavy atom. The van der Waals surface area contributed by atoms with E-state index >= 15 is 0 Å². The van der Waals surface area contributed by atoms with Crippen molar-refractivity contribution in [2.45, 2.75) is 5.41 Å². The van der Waals surface area contributed by atoms with Gasteiger partial charge in [0, 0.05) is 27.5 Å². The Kier molecular flexibility index (Phi) is 5.59. The number of fused-ring (bicyclic) bond motifs is 12. The van der Waals surface area contributed by atoms with Crippen LogP contribution in [0.5, 0.6) is 0 Å². The summed E-state index contributed by atoms with van der Waals surface area (Å²) in [5.41, 5.74) is 15.9. The maximum absolute atomic E-state index is 5.19. The minimum atomic E-state index is -0.479. The first kappa shape index (κ1) is 27.4. The molecule has 232 valence electrons. The fraction of sp³-hybridized carbons (Fsp3) is 0.0213. The van der Waals surface area contributed by atoms with Crippen LogP contribution in [0.25, 0.3) is 72.5 Å². The second kappa shape index (κ2) is 10.2. The highest BCUT2D eigenvalue weighted by Crippen LogP contribution is 2.61. The summed E-state index contributed by atoms with van der Waals surface area (Å²) in [5.74, 6) is 0.720. The van der Waals surface area contributed by atoms with Gasteiger partial charge in [-0.2, -0.15) is 0 Å². The number of aromatic nitrogens is 3. The molecule has 2 aliphatic rings. The van der Waals surface area contributed by atoms with E-state index in [0.29, 0.717) is 0 Å². The van der Waals surface area contributed by atoms with Crippen molar-refractivity contribution in [1.82, 2.24) is 14.5 Å². The van der Waals surface area contributed by atoms with E-state index in [1.807, 2.05) is 12.1 Å². The number of benzene rings is 7. The molecule has 3 heterocycles. The lowest BCUT2D eigenvalue weighted by Gasteiger charge is -2.39. The van der Waals surface area contributed by atoms with Crippen LogP contribution < -0.4 is 0 Å². The van der Waals surface area contributed by atoms with Crippen molar-refractivity contribution in [2.75, 3.05) is 0 Å². The zero-order valence-corrected chi connectivity index (χ0v) is 27.1. The highest BCUT2D eigenvalue weighted by molar-refractivity contribution is 6.12. The molecule has 0 fully saturated rings. The number of hydrogen-bond acceptors (Lipinski definition) is 2. The molecule has 0 N–H and O–H groups in total. The standard InChI is InChI=1S/C47H29N3/c1-3-14-30(15-4-1)41-29-42(31-16-5-2-6-17-31)49-46(48-41)32-26-27-38-36(28-32)33-18-7-9-21-37(33)47(38)39-22-10-12-25-44(39)50-43-24-11-8-19-34(43)35-20-13-23-40(47)45(35)50/h1-29H. The minimum Gasteiger partial charge on any atom is -0.309 e. The van der Waals surface area contributed by atoms with Crippen molar-refractivity contribution >= 4 is 21.8 Å². The molecule has 9 aromatic rings. The highest BCUT2D eigenvalue weighted by atomic mass is 15.0. The normalized spacial score (nSPS) is 15.3. The molecule has 1 atom stereocenters. The van der Waals surface area contributed by atoms with E-state index in [1.54, 1.807) is 0 Å². The van der Waals surface area contributed by atoms with Gasteiger partial charge in [0.05, 0.1) is 33.5 Å². The molecule has 0 saturated carbocycles. The van der Waals surface area contributed by atoms with Crippen LogP contribution in [-0.2, 0) is 5.41 Å². The molecule has 0 radical (unpaired) electrons. The molecule has 2 aromatic heterocycles. The predicted octanol–water partition coefficient (Wildman–Crippen LogP) is 11.3. The maximum Gasteiger partial charge on any atom is 0.160 e. The van der Waals surface area contributed by atoms with Crippen molar-refractivity contribution in [3.8, 4) is 50.7 Å². The van der Waals surface area contributed by atoms with E-state index in [2.05, 4.69) is 168 Å². The quantitative estimate of drug-likeness (QED) is 0.193. The number of hydrogen-bond donors (Lipinski definition) is 0. The molecule has 11 rings (SSSR count). The third-order valence-corrected chi connectivity index (χ3v) is 10.8. The van der Waals surface area contributed by atoms with Crippen molar-refractivity contribution < 1.29 is 0 Å². The molecule has 1 aliphatic carbocycles. The summed E-state index contributed by atoms with van der Waals surface area (Å²) in [6.07, 6.45) is 0. The first-order valence-electron chi connectivity index (χ1n) is 17.2. The fourth-order valence-corrected chi connectivity index (χ4v) is 8.80. The van der Waals surface area contributed by atoms with Crippen molar-refractivity contribution in [2.24, 2.45) is 0 Å². The Hall–Kier alpha value is -6.58. The largest absolute Gasteiger partial charge is 0.309 e. The Morgan fingerprint density at radius 3 is 1.78 bits per heavy atom. The second-order valence-electron chi connectivity index (χ2n) is 13.3. The summed E-state index contributed by atoms with van der Waals surface area (Å²) < 4.78 is 2.49. The van der Waals surface area contributed by atoms with Crippen LogP contribution >= 0.6 is 0 Å². The van der Waals surface area contributed by atoms with Crippen LogP contribution in [0.2, 0.25) is 0 Å². The Morgan fingerprint density at radius 2 is 1.00 bits per heavy atom. The first-order valence-corrected chi connectivity index (χ1v) is 17.2. The minimum absolute atomic E-state index is 0.479. The third kappa shape index (κ3) is 3.58. The average molecular weight is 636 g/mol. The highest BCUT2D eigenvalue weighted by Gasteiger charge is 2.50. The molecular formula is C47H29N3. The molecular weight excluding hydrogens is 607 g/mol. The summed E-state index contributed by atoms with van der Waals surface area (Å²) in [5, 5.41) is 2.57. The van der Waals surface area contributed by atoms with E-state index in [1.165, 1.54) is 60.9 Å². The monoisotopic (exact) mass is 635 g/mol. The molecule has 1 aliphatic heterocycles. The molecule has 1 spiro atoms. The van der Waals surface area contributed by atoms with Crippen molar-refractivity contribution in [3.05, 3.63) is 198 Å². The van der Waals surface area contributed by atoms with Gasteiger partial charge in [0.2, 0.25) is 0 Å². The molecule has 3 nitrogen and oxygen atoms in total. The fourth-order valence-electron chi connectivity index (χ4n) is 8.80. The van der Waals surface area contributed by atoms with Gasteiger partial charge in [-0.25, -0.2) is 9.97 Å². The lowest BCUT2D eigenvalue weighted by molar-refractivity contribution is 0.748. The third-order valence-electron chi connectivity index (χ3n) is 10.8. The number of nitrogens with zero attached hydrogens (tertiary/aromatic N) is 3. The van der Waals surface area contributed by atoms with E-state index in [-0.39, 0.29) is 0 Å². The average Bonchev–Trinajstić information content (AvgIpc) is 3.69. The topological polar surface area (TPSA) is 30.7 Å². The predicted molar refractivity (Wildman–Crippen MR) is 204 cm³/mol. The first-order chi connectivity index (χ1) is 24.8. The van der Waals surface area contributed by atoms with Crippen LogP contribution in [0.3, 0.4) is 0 Å². The van der Waals surface area contributed by atoms with Gasteiger partial charge in [-0.05, 0) is 57.6 Å².